The highest BCUT2D eigenvalue weighted by molar-refractivity contribution is 7.19. The molecule has 2 rings (SSSR count). The van der Waals surface area contributed by atoms with E-state index >= 15 is 0 Å². The third-order valence-electron chi connectivity index (χ3n) is 1.79. The van der Waals surface area contributed by atoms with Crippen molar-refractivity contribution in [1.29, 1.82) is 0 Å². The average Bonchev–Trinajstić information content (AvgIpc) is 2.56. The predicted octanol–water partition coefficient (Wildman–Crippen LogP) is 4.17. The van der Waals surface area contributed by atoms with E-state index in [1.54, 1.807) is 17.4 Å². The maximum absolute atomic E-state index is 6.01. The molecule has 0 aliphatic carbocycles. The van der Waals surface area contributed by atoms with Crippen LogP contribution >= 0.6 is 34.5 Å². The van der Waals surface area contributed by atoms with Crippen LogP contribution in [0.2, 0.25) is 10.0 Å². The van der Waals surface area contributed by atoms with Crippen LogP contribution in [-0.2, 0) is 6.42 Å². The molecule has 0 aliphatic rings. The van der Waals surface area contributed by atoms with Crippen LogP contribution in [0.25, 0.3) is 10.2 Å². The Morgan fingerprint density at radius 1 is 1.31 bits per heavy atom. The van der Waals surface area contributed by atoms with Crippen molar-refractivity contribution < 1.29 is 0 Å². The Bertz CT molecular complexity index is 411. The Hall–Kier alpha value is -0.310. The van der Waals surface area contributed by atoms with Gasteiger partial charge in [0.2, 0.25) is 0 Å². The van der Waals surface area contributed by atoms with Crippen LogP contribution in [0, 0.1) is 0 Å². The van der Waals surface area contributed by atoms with Crippen LogP contribution in [0.4, 0.5) is 0 Å². The van der Waals surface area contributed by atoms with Crippen molar-refractivity contribution in [2.45, 2.75) is 13.3 Å². The molecule has 0 bridgehead atoms. The van der Waals surface area contributed by atoms with Gasteiger partial charge in [-0.1, -0.05) is 30.1 Å². The van der Waals surface area contributed by atoms with Crippen molar-refractivity contribution in [2.75, 3.05) is 0 Å². The summed E-state index contributed by atoms with van der Waals surface area (Å²) in [7, 11) is 0. The first-order chi connectivity index (χ1) is 6.22. The van der Waals surface area contributed by atoms with Crippen LogP contribution in [-0.4, -0.2) is 4.98 Å². The lowest BCUT2D eigenvalue weighted by atomic mass is 10.3. The second-order valence-corrected chi connectivity index (χ2v) is 4.57. The number of nitrogens with zero attached hydrogens (tertiary/aromatic N) is 1. The van der Waals surface area contributed by atoms with E-state index in [4.69, 9.17) is 23.2 Å². The molecule has 0 N–H and O–H groups in total. The Morgan fingerprint density at radius 2 is 2.00 bits per heavy atom. The van der Waals surface area contributed by atoms with Crippen molar-refractivity contribution in [2.24, 2.45) is 0 Å². The van der Waals surface area contributed by atoms with E-state index in [1.165, 1.54) is 0 Å². The van der Waals surface area contributed by atoms with Gasteiger partial charge in [0.05, 0.1) is 19.8 Å². The summed E-state index contributed by atoms with van der Waals surface area (Å²) in [5, 5.41) is 2.48. The molecule has 0 saturated carbocycles. The summed E-state index contributed by atoms with van der Waals surface area (Å²) in [6, 6.07) is 3.59. The lowest BCUT2D eigenvalue weighted by Crippen LogP contribution is -1.75. The first-order valence-corrected chi connectivity index (χ1v) is 5.53. The van der Waals surface area contributed by atoms with Crippen molar-refractivity contribution >= 4 is 44.8 Å². The number of rotatable bonds is 1. The van der Waals surface area contributed by atoms with Gasteiger partial charge in [-0.3, -0.25) is 0 Å². The zero-order chi connectivity index (χ0) is 9.42. The maximum atomic E-state index is 6.01. The fourth-order valence-corrected chi connectivity index (χ4v) is 2.60. The standard InChI is InChI=1S/C9H7Cl2NS/c1-2-7-12-8-5(10)3-4-6(11)9(8)13-7/h3-4H,2H2,1H3. The van der Waals surface area contributed by atoms with Crippen molar-refractivity contribution in [3.05, 3.63) is 27.2 Å². The molecule has 1 nitrogen and oxygen atoms in total. The summed E-state index contributed by atoms with van der Waals surface area (Å²) in [4.78, 5) is 4.39. The molecule has 0 fully saturated rings. The summed E-state index contributed by atoms with van der Waals surface area (Å²) in [6.45, 7) is 2.07. The fraction of sp³-hybridized carbons (Fsp3) is 0.222. The Morgan fingerprint density at radius 3 is 2.62 bits per heavy atom. The van der Waals surface area contributed by atoms with Gasteiger partial charge in [0.25, 0.3) is 0 Å². The minimum atomic E-state index is 0.676. The van der Waals surface area contributed by atoms with Crippen LogP contribution < -0.4 is 0 Å². The third-order valence-corrected chi connectivity index (χ3v) is 3.76. The molecule has 0 spiro atoms. The number of thiazole rings is 1. The summed E-state index contributed by atoms with van der Waals surface area (Å²) in [5.41, 5.74) is 0.830. The molecule has 0 saturated heterocycles. The number of aryl methyl sites for hydroxylation is 1. The zero-order valence-corrected chi connectivity index (χ0v) is 9.30. The van der Waals surface area contributed by atoms with Gasteiger partial charge in [-0.15, -0.1) is 11.3 Å². The van der Waals surface area contributed by atoms with Crippen molar-refractivity contribution in [3.8, 4) is 0 Å². The van der Waals surface area contributed by atoms with Crippen LogP contribution in [0.15, 0.2) is 12.1 Å². The minimum Gasteiger partial charge on any atom is -0.240 e. The first kappa shape index (κ1) is 9.25. The molecular weight excluding hydrogens is 225 g/mol. The zero-order valence-electron chi connectivity index (χ0n) is 6.97. The van der Waals surface area contributed by atoms with Gasteiger partial charge >= 0.3 is 0 Å². The summed E-state index contributed by atoms with van der Waals surface area (Å²) < 4.78 is 0.992. The average molecular weight is 232 g/mol. The van der Waals surface area contributed by atoms with Crippen LogP contribution in [0.5, 0.6) is 0 Å². The topological polar surface area (TPSA) is 12.9 Å². The normalized spacial score (nSPS) is 11.0. The second-order valence-electron chi connectivity index (χ2n) is 2.67. The highest BCUT2D eigenvalue weighted by Gasteiger charge is 2.08. The molecule has 1 aromatic carbocycles. The molecule has 68 valence electrons. The molecule has 0 radical (unpaired) electrons. The van der Waals surface area contributed by atoms with E-state index in [1.807, 2.05) is 6.07 Å². The van der Waals surface area contributed by atoms with Gasteiger partial charge < -0.3 is 0 Å². The molecule has 1 aromatic heterocycles. The molecule has 2 aromatic rings. The van der Waals surface area contributed by atoms with E-state index in [9.17, 15) is 0 Å². The number of hydrogen-bond acceptors (Lipinski definition) is 2. The summed E-state index contributed by atoms with van der Waals surface area (Å²) in [5.74, 6) is 0. The van der Waals surface area contributed by atoms with E-state index in [2.05, 4.69) is 11.9 Å². The van der Waals surface area contributed by atoms with Crippen molar-refractivity contribution in [1.82, 2.24) is 4.98 Å². The minimum absolute atomic E-state index is 0.676. The van der Waals surface area contributed by atoms with E-state index in [-0.39, 0.29) is 0 Å². The highest BCUT2D eigenvalue weighted by atomic mass is 35.5. The van der Waals surface area contributed by atoms with Gasteiger partial charge in [0.15, 0.2) is 0 Å². The molecule has 0 aliphatic heterocycles. The number of fused-ring (bicyclic) bond motifs is 1. The lowest BCUT2D eigenvalue weighted by Gasteiger charge is -1.92. The van der Waals surface area contributed by atoms with Gasteiger partial charge in [0.1, 0.15) is 5.52 Å². The van der Waals surface area contributed by atoms with E-state index in [0.29, 0.717) is 5.02 Å². The molecule has 13 heavy (non-hydrogen) atoms. The van der Waals surface area contributed by atoms with Gasteiger partial charge in [-0.2, -0.15) is 0 Å². The second kappa shape index (κ2) is 3.45. The van der Waals surface area contributed by atoms with Crippen LogP contribution in [0.1, 0.15) is 11.9 Å². The molecule has 0 atom stereocenters. The van der Waals surface area contributed by atoms with E-state index in [0.717, 1.165) is 26.7 Å². The maximum Gasteiger partial charge on any atom is 0.102 e. The van der Waals surface area contributed by atoms with E-state index < -0.39 is 0 Å². The summed E-state index contributed by atoms with van der Waals surface area (Å²) >= 11 is 13.6. The van der Waals surface area contributed by atoms with Gasteiger partial charge in [-0.25, -0.2) is 4.98 Å². The third kappa shape index (κ3) is 1.54. The number of hydrogen-bond donors (Lipinski definition) is 0. The van der Waals surface area contributed by atoms with Crippen LogP contribution in [0.3, 0.4) is 0 Å². The molecule has 0 unspecified atom stereocenters. The highest BCUT2D eigenvalue weighted by Crippen LogP contribution is 2.33. The summed E-state index contributed by atoms with van der Waals surface area (Å²) in [6.07, 6.45) is 0.923. The first-order valence-electron chi connectivity index (χ1n) is 3.95. The fourth-order valence-electron chi connectivity index (χ4n) is 1.14. The number of benzene rings is 1. The molecule has 1 heterocycles. The largest absolute Gasteiger partial charge is 0.240 e. The van der Waals surface area contributed by atoms with Gasteiger partial charge in [-0.05, 0) is 18.6 Å². The molecule has 0 amide bonds. The quantitative estimate of drug-likeness (QED) is 0.719. The molecule has 4 heteroatoms. The predicted molar refractivity (Wildman–Crippen MR) is 59.0 cm³/mol. The van der Waals surface area contributed by atoms with Gasteiger partial charge in [0, 0.05) is 0 Å². The Balaban J connectivity index is 2.80. The van der Waals surface area contributed by atoms with Crippen molar-refractivity contribution in [3.63, 3.8) is 0 Å². The number of aromatic nitrogens is 1. The molecular formula is C9H7Cl2NS. The number of halogens is 2. The monoisotopic (exact) mass is 231 g/mol. The Kier molecular flexibility index (Phi) is 2.45. The lowest BCUT2D eigenvalue weighted by molar-refractivity contribution is 1.11. The smallest absolute Gasteiger partial charge is 0.102 e. The Labute approximate surface area is 90.3 Å². The SMILES string of the molecule is CCc1nc2c(Cl)ccc(Cl)c2s1.